The van der Waals surface area contributed by atoms with Gasteiger partial charge in [0.2, 0.25) is 11.8 Å². The lowest BCUT2D eigenvalue weighted by atomic mass is 10.2. The van der Waals surface area contributed by atoms with Gasteiger partial charge in [0, 0.05) is 5.56 Å². The first-order chi connectivity index (χ1) is 9.58. The van der Waals surface area contributed by atoms with Gasteiger partial charge in [-0.3, -0.25) is 4.79 Å². The topological polar surface area (TPSA) is 74.5 Å². The highest BCUT2D eigenvalue weighted by molar-refractivity contribution is 5.71. The van der Waals surface area contributed by atoms with E-state index in [-0.39, 0.29) is 24.0 Å². The lowest BCUT2D eigenvalue weighted by Crippen LogP contribution is -2.04. The molecule has 0 N–H and O–H groups in total. The summed E-state index contributed by atoms with van der Waals surface area (Å²) in [4.78, 5) is 11.0. The van der Waals surface area contributed by atoms with E-state index in [1.165, 1.54) is 25.3 Å². The van der Waals surface area contributed by atoms with E-state index in [2.05, 4.69) is 19.7 Å². The standard InChI is InChI=1S/C12H10F2N2O4/c1-18-10(17)6-9-15-16-11(20-9)7-3-2-4-8(5-7)19-12(13)14/h2-5,12H,6H2,1H3. The summed E-state index contributed by atoms with van der Waals surface area (Å²) in [5, 5.41) is 7.39. The number of alkyl halides is 2. The fraction of sp³-hybridized carbons (Fsp3) is 0.250. The number of carbonyl (C=O) groups excluding carboxylic acids is 1. The second-order valence-electron chi connectivity index (χ2n) is 3.66. The van der Waals surface area contributed by atoms with Crippen molar-refractivity contribution in [1.82, 2.24) is 10.2 Å². The molecule has 0 aliphatic carbocycles. The van der Waals surface area contributed by atoms with Crippen LogP contribution in [0.2, 0.25) is 0 Å². The van der Waals surface area contributed by atoms with E-state index in [4.69, 9.17) is 4.42 Å². The second kappa shape index (κ2) is 6.09. The summed E-state index contributed by atoms with van der Waals surface area (Å²) in [6, 6.07) is 5.81. The molecule has 6 nitrogen and oxygen atoms in total. The van der Waals surface area contributed by atoms with Gasteiger partial charge in [-0.1, -0.05) is 6.07 Å². The molecular weight excluding hydrogens is 274 g/mol. The van der Waals surface area contributed by atoms with E-state index in [0.717, 1.165) is 0 Å². The summed E-state index contributed by atoms with van der Waals surface area (Å²) in [5.41, 5.74) is 0.409. The predicted octanol–water partition coefficient (Wildman–Crippen LogP) is 2.05. The van der Waals surface area contributed by atoms with Gasteiger partial charge >= 0.3 is 12.6 Å². The SMILES string of the molecule is COC(=O)Cc1nnc(-c2cccc(OC(F)F)c2)o1. The molecule has 106 valence electrons. The number of halogens is 2. The fourth-order valence-corrected chi connectivity index (χ4v) is 1.44. The van der Waals surface area contributed by atoms with Gasteiger partial charge in [0.1, 0.15) is 12.2 Å². The summed E-state index contributed by atoms with van der Waals surface area (Å²) < 4.78 is 38.2. The number of hydrogen-bond acceptors (Lipinski definition) is 6. The fourth-order valence-electron chi connectivity index (χ4n) is 1.44. The van der Waals surface area contributed by atoms with Crippen molar-refractivity contribution in [2.75, 3.05) is 7.11 Å². The molecule has 0 fully saturated rings. The van der Waals surface area contributed by atoms with Crippen LogP contribution >= 0.6 is 0 Å². The Labute approximate surface area is 112 Å². The second-order valence-corrected chi connectivity index (χ2v) is 3.66. The van der Waals surface area contributed by atoms with Gasteiger partial charge in [-0.15, -0.1) is 10.2 Å². The van der Waals surface area contributed by atoms with Crippen LogP contribution in [0.25, 0.3) is 11.5 Å². The average Bonchev–Trinajstić information content (AvgIpc) is 2.86. The predicted molar refractivity (Wildman–Crippen MR) is 62.1 cm³/mol. The van der Waals surface area contributed by atoms with Crippen LogP contribution < -0.4 is 4.74 Å². The molecule has 1 aromatic heterocycles. The van der Waals surface area contributed by atoms with Crippen molar-refractivity contribution in [3.8, 4) is 17.2 Å². The van der Waals surface area contributed by atoms with Crippen LogP contribution in [0, 0.1) is 0 Å². The maximum atomic E-state index is 12.1. The molecule has 8 heteroatoms. The highest BCUT2D eigenvalue weighted by Crippen LogP contribution is 2.24. The van der Waals surface area contributed by atoms with Crippen molar-refractivity contribution in [1.29, 1.82) is 0 Å². The first kappa shape index (κ1) is 13.9. The molecule has 2 rings (SSSR count). The number of benzene rings is 1. The number of rotatable bonds is 5. The quantitative estimate of drug-likeness (QED) is 0.782. The third-order valence-electron chi connectivity index (χ3n) is 2.30. The number of carbonyl (C=O) groups is 1. The monoisotopic (exact) mass is 284 g/mol. The largest absolute Gasteiger partial charge is 0.469 e. The Balaban J connectivity index is 2.17. The molecule has 0 amide bonds. The third kappa shape index (κ3) is 3.50. The molecular formula is C12H10F2N2O4. The molecule has 0 saturated carbocycles. The molecule has 0 atom stereocenters. The van der Waals surface area contributed by atoms with Gasteiger partial charge in [-0.05, 0) is 18.2 Å². The molecule has 0 radical (unpaired) electrons. The number of aromatic nitrogens is 2. The summed E-state index contributed by atoms with van der Waals surface area (Å²) in [6.07, 6.45) is -0.156. The summed E-state index contributed by atoms with van der Waals surface area (Å²) in [7, 11) is 1.24. The van der Waals surface area contributed by atoms with Crippen molar-refractivity contribution in [3.63, 3.8) is 0 Å². The van der Waals surface area contributed by atoms with Crippen molar-refractivity contribution >= 4 is 5.97 Å². The average molecular weight is 284 g/mol. The first-order valence-corrected chi connectivity index (χ1v) is 5.53. The van der Waals surface area contributed by atoms with E-state index in [1.54, 1.807) is 6.07 Å². The van der Waals surface area contributed by atoms with Gasteiger partial charge in [0.15, 0.2) is 0 Å². The minimum atomic E-state index is -2.91. The maximum absolute atomic E-state index is 12.1. The van der Waals surface area contributed by atoms with Crippen molar-refractivity contribution in [2.45, 2.75) is 13.0 Å². The number of hydrogen-bond donors (Lipinski definition) is 0. The lowest BCUT2D eigenvalue weighted by Gasteiger charge is -2.04. The van der Waals surface area contributed by atoms with Crippen LogP contribution in [-0.4, -0.2) is 29.9 Å². The summed E-state index contributed by atoms with van der Waals surface area (Å²) in [6.45, 7) is -2.91. The molecule has 1 heterocycles. The minimum Gasteiger partial charge on any atom is -0.469 e. The van der Waals surface area contributed by atoms with Crippen molar-refractivity contribution < 1.29 is 27.5 Å². The molecule has 0 spiro atoms. The zero-order valence-corrected chi connectivity index (χ0v) is 10.4. The smallest absolute Gasteiger partial charge is 0.387 e. The molecule has 0 unspecified atom stereocenters. The Morgan fingerprint density at radius 2 is 2.20 bits per heavy atom. The molecule has 0 bridgehead atoms. The number of esters is 1. The van der Waals surface area contributed by atoms with Crippen LogP contribution in [0.4, 0.5) is 8.78 Å². The van der Waals surface area contributed by atoms with Gasteiger partial charge < -0.3 is 13.9 Å². The van der Waals surface area contributed by atoms with Crippen molar-refractivity contribution in [2.24, 2.45) is 0 Å². The van der Waals surface area contributed by atoms with Gasteiger partial charge in [-0.2, -0.15) is 8.78 Å². The Hall–Kier alpha value is -2.51. The number of methoxy groups -OCH3 is 1. The molecule has 0 aliphatic heterocycles. The van der Waals surface area contributed by atoms with Gasteiger partial charge in [-0.25, -0.2) is 0 Å². The highest BCUT2D eigenvalue weighted by atomic mass is 19.3. The van der Waals surface area contributed by atoms with Gasteiger partial charge in [0.05, 0.1) is 7.11 Å². The number of ether oxygens (including phenoxy) is 2. The molecule has 0 saturated heterocycles. The molecule has 2 aromatic rings. The third-order valence-corrected chi connectivity index (χ3v) is 2.30. The molecule has 1 aromatic carbocycles. The zero-order valence-electron chi connectivity index (χ0n) is 10.4. The van der Waals surface area contributed by atoms with E-state index in [9.17, 15) is 13.6 Å². The highest BCUT2D eigenvalue weighted by Gasteiger charge is 2.13. The maximum Gasteiger partial charge on any atom is 0.387 e. The molecule has 0 aliphatic rings. The normalized spacial score (nSPS) is 10.6. The molecule has 20 heavy (non-hydrogen) atoms. The first-order valence-electron chi connectivity index (χ1n) is 5.53. The number of nitrogens with zero attached hydrogens (tertiary/aromatic N) is 2. The Bertz CT molecular complexity index is 601. The zero-order chi connectivity index (χ0) is 14.5. The summed E-state index contributed by atoms with van der Waals surface area (Å²) in [5.74, 6) is -0.365. The Kier molecular flexibility index (Phi) is 4.24. The lowest BCUT2D eigenvalue weighted by molar-refractivity contribution is -0.140. The minimum absolute atomic E-state index is 0.0229. The van der Waals surface area contributed by atoms with Crippen LogP contribution in [0.5, 0.6) is 5.75 Å². The summed E-state index contributed by atoms with van der Waals surface area (Å²) >= 11 is 0. The van der Waals surface area contributed by atoms with Crippen LogP contribution in [-0.2, 0) is 16.0 Å². The van der Waals surface area contributed by atoms with Crippen LogP contribution in [0.15, 0.2) is 28.7 Å². The van der Waals surface area contributed by atoms with Gasteiger partial charge in [0.25, 0.3) is 0 Å². The van der Waals surface area contributed by atoms with E-state index >= 15 is 0 Å². The Morgan fingerprint density at radius 3 is 2.90 bits per heavy atom. The van der Waals surface area contributed by atoms with E-state index in [1.807, 2.05) is 0 Å². The van der Waals surface area contributed by atoms with Crippen LogP contribution in [0.1, 0.15) is 5.89 Å². The Morgan fingerprint density at radius 1 is 1.40 bits per heavy atom. The van der Waals surface area contributed by atoms with E-state index in [0.29, 0.717) is 5.56 Å². The van der Waals surface area contributed by atoms with Crippen molar-refractivity contribution in [3.05, 3.63) is 30.2 Å². The van der Waals surface area contributed by atoms with E-state index < -0.39 is 12.6 Å². The van der Waals surface area contributed by atoms with Crippen LogP contribution in [0.3, 0.4) is 0 Å².